The molecular weight excluding hydrogens is 441 g/mol. The monoisotopic (exact) mass is 458 g/mol. The van der Waals surface area contributed by atoms with Gasteiger partial charge in [-0.05, 0) is 36.4 Å². The van der Waals surface area contributed by atoms with Crippen LogP contribution in [0.15, 0.2) is 90.0 Å². The fourth-order valence-corrected chi connectivity index (χ4v) is 4.28. The first-order valence-electron chi connectivity index (χ1n) is 9.48. The highest BCUT2D eigenvalue weighted by Gasteiger charge is 2.31. The van der Waals surface area contributed by atoms with E-state index in [2.05, 4.69) is 9.71 Å². The Balaban J connectivity index is 1.59. The van der Waals surface area contributed by atoms with Gasteiger partial charge in [-0.3, -0.25) is 9.71 Å². The van der Waals surface area contributed by atoms with Crippen molar-refractivity contribution in [2.75, 3.05) is 4.72 Å². The standard InChI is InChI=1S/C23H17F3N2O3S/c24-23(25,26)18-9-4-10-19(14-18)32(29,30)28-20-11-2-1-6-17(20)15-31-21-12-3-7-16-8-5-13-27-22(16)21/h1-14,28H,15H2. The number of nitrogens with one attached hydrogen (secondary N) is 1. The summed E-state index contributed by atoms with van der Waals surface area (Å²) in [6.07, 6.45) is -3.00. The van der Waals surface area contributed by atoms with Crippen molar-refractivity contribution in [2.24, 2.45) is 0 Å². The van der Waals surface area contributed by atoms with Crippen molar-refractivity contribution in [3.63, 3.8) is 0 Å². The molecule has 32 heavy (non-hydrogen) atoms. The summed E-state index contributed by atoms with van der Waals surface area (Å²) in [5.41, 5.74) is 0.339. The fourth-order valence-electron chi connectivity index (χ4n) is 3.14. The maximum absolute atomic E-state index is 13.0. The van der Waals surface area contributed by atoms with E-state index < -0.39 is 26.7 Å². The molecule has 9 heteroatoms. The van der Waals surface area contributed by atoms with Crippen LogP contribution in [0.1, 0.15) is 11.1 Å². The van der Waals surface area contributed by atoms with Crippen LogP contribution in [-0.2, 0) is 22.8 Å². The minimum atomic E-state index is -4.65. The van der Waals surface area contributed by atoms with Gasteiger partial charge in [0, 0.05) is 17.1 Å². The summed E-state index contributed by atoms with van der Waals surface area (Å²) in [5.74, 6) is 0.527. The van der Waals surface area contributed by atoms with Gasteiger partial charge in [0.2, 0.25) is 0 Å². The Morgan fingerprint density at radius 2 is 1.66 bits per heavy atom. The molecule has 5 nitrogen and oxygen atoms in total. The molecule has 0 saturated carbocycles. The molecule has 1 aromatic heterocycles. The molecule has 0 aliphatic carbocycles. The molecule has 0 radical (unpaired) electrons. The van der Waals surface area contributed by atoms with E-state index in [0.717, 1.165) is 23.6 Å². The third-order valence-corrected chi connectivity index (χ3v) is 6.08. The molecule has 4 aromatic rings. The second-order valence-corrected chi connectivity index (χ2v) is 8.59. The Morgan fingerprint density at radius 3 is 2.47 bits per heavy atom. The lowest BCUT2D eigenvalue weighted by Gasteiger charge is -2.15. The summed E-state index contributed by atoms with van der Waals surface area (Å²) < 4.78 is 72.7. The lowest BCUT2D eigenvalue weighted by Crippen LogP contribution is -2.16. The quantitative estimate of drug-likeness (QED) is 0.406. The number of fused-ring (bicyclic) bond motifs is 1. The number of halogens is 3. The molecule has 0 unspecified atom stereocenters. The Hall–Kier alpha value is -3.59. The summed E-state index contributed by atoms with van der Waals surface area (Å²) in [7, 11) is -4.25. The highest BCUT2D eigenvalue weighted by molar-refractivity contribution is 7.92. The molecule has 0 bridgehead atoms. The second-order valence-electron chi connectivity index (χ2n) is 6.91. The van der Waals surface area contributed by atoms with E-state index in [1.165, 1.54) is 6.07 Å². The maximum Gasteiger partial charge on any atom is 0.416 e. The number of rotatable bonds is 6. The largest absolute Gasteiger partial charge is 0.487 e. The van der Waals surface area contributed by atoms with E-state index in [4.69, 9.17) is 4.74 Å². The number of hydrogen-bond acceptors (Lipinski definition) is 4. The number of alkyl halides is 3. The van der Waals surface area contributed by atoms with Gasteiger partial charge < -0.3 is 4.74 Å². The van der Waals surface area contributed by atoms with Crippen molar-refractivity contribution in [3.05, 3.63) is 96.2 Å². The predicted octanol–water partition coefficient (Wildman–Crippen LogP) is 5.63. The van der Waals surface area contributed by atoms with E-state index in [1.54, 1.807) is 30.5 Å². The first-order chi connectivity index (χ1) is 15.2. The fraction of sp³-hybridized carbons (Fsp3) is 0.0870. The zero-order valence-corrected chi connectivity index (χ0v) is 17.3. The van der Waals surface area contributed by atoms with Crippen LogP contribution >= 0.6 is 0 Å². The van der Waals surface area contributed by atoms with Crippen LogP contribution in [0.2, 0.25) is 0 Å². The molecular formula is C23H17F3N2O3S. The van der Waals surface area contributed by atoms with E-state index >= 15 is 0 Å². The van der Waals surface area contributed by atoms with Crippen LogP contribution in [-0.4, -0.2) is 13.4 Å². The molecule has 0 spiro atoms. The predicted molar refractivity (Wildman–Crippen MR) is 115 cm³/mol. The van der Waals surface area contributed by atoms with Crippen LogP contribution in [0, 0.1) is 0 Å². The van der Waals surface area contributed by atoms with Gasteiger partial charge in [0.1, 0.15) is 17.9 Å². The van der Waals surface area contributed by atoms with Crippen molar-refractivity contribution in [2.45, 2.75) is 17.7 Å². The molecule has 1 heterocycles. The first kappa shape index (κ1) is 21.6. The molecule has 0 aliphatic heterocycles. The number of pyridine rings is 1. The Kier molecular flexibility index (Phi) is 5.75. The molecule has 0 saturated heterocycles. The highest BCUT2D eigenvalue weighted by atomic mass is 32.2. The first-order valence-corrected chi connectivity index (χ1v) is 11.0. The summed E-state index contributed by atoms with van der Waals surface area (Å²) in [6, 6.07) is 19.3. The third kappa shape index (κ3) is 4.67. The molecule has 0 amide bonds. The van der Waals surface area contributed by atoms with Crippen molar-refractivity contribution in [1.29, 1.82) is 0 Å². The van der Waals surface area contributed by atoms with Gasteiger partial charge in [0.15, 0.2) is 0 Å². The van der Waals surface area contributed by atoms with Gasteiger partial charge >= 0.3 is 6.18 Å². The SMILES string of the molecule is O=S(=O)(Nc1ccccc1COc1cccc2cccnc12)c1cccc(C(F)(F)F)c1. The number of aromatic nitrogens is 1. The summed E-state index contributed by atoms with van der Waals surface area (Å²) in [6.45, 7) is 0.0248. The highest BCUT2D eigenvalue weighted by Crippen LogP contribution is 2.31. The zero-order chi connectivity index (χ0) is 22.8. The molecule has 1 N–H and O–H groups in total. The van der Waals surface area contributed by atoms with Crippen LogP contribution in [0.5, 0.6) is 5.75 Å². The number of benzene rings is 3. The van der Waals surface area contributed by atoms with Gasteiger partial charge in [-0.15, -0.1) is 0 Å². The van der Waals surface area contributed by atoms with Gasteiger partial charge in [-0.2, -0.15) is 13.2 Å². The van der Waals surface area contributed by atoms with Crippen molar-refractivity contribution < 1.29 is 26.3 Å². The minimum Gasteiger partial charge on any atom is -0.487 e. The normalized spacial score (nSPS) is 12.0. The van der Waals surface area contributed by atoms with E-state index in [1.807, 2.05) is 24.3 Å². The van der Waals surface area contributed by atoms with Gasteiger partial charge in [-0.25, -0.2) is 8.42 Å². The smallest absolute Gasteiger partial charge is 0.416 e. The van der Waals surface area contributed by atoms with Gasteiger partial charge in [0.25, 0.3) is 10.0 Å². The molecule has 164 valence electrons. The third-order valence-electron chi connectivity index (χ3n) is 4.71. The average Bonchev–Trinajstić information content (AvgIpc) is 2.78. The Labute approximate surface area is 182 Å². The van der Waals surface area contributed by atoms with E-state index in [0.29, 0.717) is 22.9 Å². The number of nitrogens with zero attached hydrogens (tertiary/aromatic N) is 1. The summed E-state index contributed by atoms with van der Waals surface area (Å²) in [5, 5.41) is 0.892. The number of para-hydroxylation sites is 2. The average molecular weight is 458 g/mol. The van der Waals surface area contributed by atoms with Crippen LogP contribution < -0.4 is 9.46 Å². The molecule has 3 aromatic carbocycles. The van der Waals surface area contributed by atoms with Crippen molar-refractivity contribution in [3.8, 4) is 5.75 Å². The van der Waals surface area contributed by atoms with E-state index in [-0.39, 0.29) is 12.3 Å². The van der Waals surface area contributed by atoms with Crippen LogP contribution in [0.3, 0.4) is 0 Å². The molecule has 4 rings (SSSR count). The molecule has 0 aliphatic rings. The molecule has 0 fully saturated rings. The van der Waals surface area contributed by atoms with Crippen molar-refractivity contribution in [1.82, 2.24) is 4.98 Å². The number of hydrogen-bond donors (Lipinski definition) is 1. The maximum atomic E-state index is 13.0. The number of sulfonamides is 1. The summed E-state index contributed by atoms with van der Waals surface area (Å²) >= 11 is 0. The van der Waals surface area contributed by atoms with E-state index in [9.17, 15) is 21.6 Å². The summed E-state index contributed by atoms with van der Waals surface area (Å²) in [4.78, 5) is 3.83. The minimum absolute atomic E-state index is 0.0248. The number of ether oxygens (including phenoxy) is 1. The Bertz CT molecular complexity index is 1370. The molecule has 0 atom stereocenters. The lowest BCUT2D eigenvalue weighted by molar-refractivity contribution is -0.137. The van der Waals surface area contributed by atoms with Gasteiger partial charge in [0.05, 0.1) is 16.1 Å². The Morgan fingerprint density at radius 1 is 0.906 bits per heavy atom. The second kappa shape index (κ2) is 8.51. The van der Waals surface area contributed by atoms with Gasteiger partial charge in [-0.1, -0.05) is 42.5 Å². The zero-order valence-electron chi connectivity index (χ0n) is 16.5. The van der Waals surface area contributed by atoms with Crippen LogP contribution in [0.4, 0.5) is 18.9 Å². The topological polar surface area (TPSA) is 68.3 Å². The van der Waals surface area contributed by atoms with Crippen LogP contribution in [0.25, 0.3) is 10.9 Å². The lowest BCUT2D eigenvalue weighted by atomic mass is 10.2. The number of anilines is 1. The van der Waals surface area contributed by atoms with Crippen molar-refractivity contribution >= 4 is 26.6 Å².